The monoisotopic (exact) mass is 433 g/mol. The summed E-state index contributed by atoms with van der Waals surface area (Å²) in [6, 6.07) is 14.2. The van der Waals surface area contributed by atoms with Crippen molar-refractivity contribution in [2.24, 2.45) is 5.73 Å². The molecule has 0 saturated carbocycles. The second-order valence-electron chi connectivity index (χ2n) is 8.07. The number of pyridine rings is 1. The van der Waals surface area contributed by atoms with Gasteiger partial charge in [0.2, 0.25) is 0 Å². The number of hydrogen-bond acceptors (Lipinski definition) is 3. The quantitative estimate of drug-likeness (QED) is 0.671. The van der Waals surface area contributed by atoms with Crippen molar-refractivity contribution in [3.8, 4) is 0 Å². The maximum absolute atomic E-state index is 14.3. The zero-order chi connectivity index (χ0) is 22.8. The van der Waals surface area contributed by atoms with Crippen molar-refractivity contribution in [2.75, 3.05) is 6.54 Å². The number of hydrogen-bond donors (Lipinski definition) is 1. The Balaban J connectivity index is 1.65. The van der Waals surface area contributed by atoms with Crippen molar-refractivity contribution in [1.29, 1.82) is 0 Å². The number of carbonyl (C=O) groups excluding carboxylic acids is 2. The maximum Gasteiger partial charge on any atom is 0.263 e. The summed E-state index contributed by atoms with van der Waals surface area (Å²) in [6.45, 7) is 2.58. The summed E-state index contributed by atoms with van der Waals surface area (Å²) in [5, 5.41) is 0. The first-order valence-corrected chi connectivity index (χ1v) is 10.5. The number of carbonyl (C=O) groups is 2. The zero-order valence-electron chi connectivity index (χ0n) is 17.8. The maximum atomic E-state index is 14.3. The van der Waals surface area contributed by atoms with Gasteiger partial charge in [-0.3, -0.25) is 14.4 Å². The smallest absolute Gasteiger partial charge is 0.263 e. The van der Waals surface area contributed by atoms with E-state index in [4.69, 9.17) is 5.73 Å². The first-order chi connectivity index (χ1) is 15.3. The van der Waals surface area contributed by atoms with E-state index in [1.807, 2.05) is 30.3 Å². The van der Waals surface area contributed by atoms with E-state index in [2.05, 4.69) is 0 Å². The highest BCUT2D eigenvalue weighted by Gasteiger charge is 2.28. The van der Waals surface area contributed by atoms with E-state index in [0.717, 1.165) is 11.1 Å². The summed E-state index contributed by atoms with van der Waals surface area (Å²) in [7, 11) is 0. The molecule has 6 nitrogen and oxygen atoms in total. The summed E-state index contributed by atoms with van der Waals surface area (Å²) >= 11 is 0. The number of halogens is 1. The molecule has 164 valence electrons. The Hall–Kier alpha value is -3.74. The van der Waals surface area contributed by atoms with Crippen LogP contribution in [0, 0.1) is 12.7 Å². The lowest BCUT2D eigenvalue weighted by Crippen LogP contribution is -2.41. The van der Waals surface area contributed by atoms with Crippen molar-refractivity contribution in [3.63, 3.8) is 0 Å². The molecule has 1 aliphatic heterocycles. The number of nitrogens with two attached hydrogens (primary N) is 1. The van der Waals surface area contributed by atoms with Crippen LogP contribution in [0.15, 0.2) is 59.5 Å². The number of fused-ring (bicyclic) bond motifs is 1. The Kier molecular flexibility index (Phi) is 5.90. The van der Waals surface area contributed by atoms with Gasteiger partial charge in [-0.15, -0.1) is 0 Å². The fourth-order valence-electron chi connectivity index (χ4n) is 4.16. The molecule has 2 amide bonds. The van der Waals surface area contributed by atoms with E-state index in [1.165, 1.54) is 21.6 Å². The van der Waals surface area contributed by atoms with Gasteiger partial charge >= 0.3 is 0 Å². The van der Waals surface area contributed by atoms with Crippen LogP contribution in [0.2, 0.25) is 0 Å². The number of nitrogens with zero attached hydrogens (tertiary/aromatic N) is 2. The molecule has 0 bridgehead atoms. The zero-order valence-corrected chi connectivity index (χ0v) is 17.8. The molecule has 0 radical (unpaired) electrons. The molecule has 0 fully saturated rings. The number of benzene rings is 2. The molecule has 2 N–H and O–H groups in total. The summed E-state index contributed by atoms with van der Waals surface area (Å²) in [5.74, 6) is -1.76. The van der Waals surface area contributed by atoms with E-state index < -0.39 is 23.2 Å². The fraction of sp³-hybridized carbons (Fsp3) is 0.240. The Morgan fingerprint density at radius 3 is 2.56 bits per heavy atom. The predicted octanol–water partition coefficient (Wildman–Crippen LogP) is 2.84. The van der Waals surface area contributed by atoms with Crippen LogP contribution in [0.25, 0.3) is 0 Å². The van der Waals surface area contributed by atoms with Gasteiger partial charge in [-0.2, -0.15) is 0 Å². The minimum atomic E-state index is -0.773. The first kappa shape index (κ1) is 21.5. The van der Waals surface area contributed by atoms with Crippen LogP contribution < -0.4 is 11.3 Å². The van der Waals surface area contributed by atoms with Crippen LogP contribution >= 0.6 is 0 Å². The van der Waals surface area contributed by atoms with Crippen molar-refractivity contribution < 1.29 is 14.0 Å². The fourth-order valence-corrected chi connectivity index (χ4v) is 4.16. The molecule has 0 saturated heterocycles. The molecule has 1 aliphatic rings. The summed E-state index contributed by atoms with van der Waals surface area (Å²) in [6.07, 6.45) is 2.61. The lowest BCUT2D eigenvalue weighted by molar-refractivity contribution is 0.0729. The lowest BCUT2D eigenvalue weighted by Gasteiger charge is -2.30. The molecule has 2 heterocycles. The molecule has 3 aromatic rings. The Bertz CT molecular complexity index is 1250. The lowest BCUT2D eigenvalue weighted by atomic mass is 9.95. The van der Waals surface area contributed by atoms with Gasteiger partial charge in [0.25, 0.3) is 17.4 Å². The Morgan fingerprint density at radius 1 is 1.12 bits per heavy atom. The number of aryl methyl sites for hydroxylation is 3. The van der Waals surface area contributed by atoms with Gasteiger partial charge in [-0.25, -0.2) is 4.39 Å². The SMILES string of the molecule is Cc1ccc(C(=O)N2CCc3c(cn(CCc4ccccc4)c(=O)c3C(N)=O)C2)c(F)c1. The third-order valence-electron chi connectivity index (χ3n) is 5.84. The van der Waals surface area contributed by atoms with Crippen LogP contribution in [-0.2, 0) is 25.9 Å². The first-order valence-electron chi connectivity index (χ1n) is 10.5. The largest absolute Gasteiger partial charge is 0.365 e. The summed E-state index contributed by atoms with van der Waals surface area (Å²) in [4.78, 5) is 39.5. The molecule has 0 aliphatic carbocycles. The third-order valence-corrected chi connectivity index (χ3v) is 5.84. The Labute approximate surface area is 185 Å². The number of aromatic nitrogens is 1. The van der Waals surface area contributed by atoms with Crippen LogP contribution in [0.1, 0.15) is 43.0 Å². The van der Waals surface area contributed by atoms with Gasteiger partial charge in [0.1, 0.15) is 11.4 Å². The van der Waals surface area contributed by atoms with E-state index in [0.29, 0.717) is 30.5 Å². The highest BCUT2D eigenvalue weighted by atomic mass is 19.1. The molecule has 7 heteroatoms. The average molecular weight is 433 g/mol. The topological polar surface area (TPSA) is 85.4 Å². The minimum Gasteiger partial charge on any atom is -0.365 e. The number of amides is 2. The van der Waals surface area contributed by atoms with E-state index in [1.54, 1.807) is 19.2 Å². The average Bonchev–Trinajstić information content (AvgIpc) is 2.77. The molecular weight excluding hydrogens is 409 g/mol. The van der Waals surface area contributed by atoms with Gasteiger partial charge in [0.05, 0.1) is 5.56 Å². The molecule has 4 rings (SSSR count). The van der Waals surface area contributed by atoms with Gasteiger partial charge < -0.3 is 15.2 Å². The molecule has 1 aromatic heterocycles. The van der Waals surface area contributed by atoms with Crippen LogP contribution in [0.4, 0.5) is 4.39 Å². The van der Waals surface area contributed by atoms with E-state index in [9.17, 15) is 18.8 Å². The second-order valence-corrected chi connectivity index (χ2v) is 8.07. The summed E-state index contributed by atoms with van der Waals surface area (Å²) in [5.41, 5.74) is 8.16. The van der Waals surface area contributed by atoms with Crippen molar-refractivity contribution in [1.82, 2.24) is 9.47 Å². The molecule has 32 heavy (non-hydrogen) atoms. The predicted molar refractivity (Wildman–Crippen MR) is 119 cm³/mol. The van der Waals surface area contributed by atoms with E-state index in [-0.39, 0.29) is 24.2 Å². The van der Waals surface area contributed by atoms with Gasteiger partial charge in [-0.05, 0) is 54.2 Å². The van der Waals surface area contributed by atoms with Crippen LogP contribution in [-0.4, -0.2) is 27.8 Å². The highest BCUT2D eigenvalue weighted by molar-refractivity contribution is 5.96. The highest BCUT2D eigenvalue weighted by Crippen LogP contribution is 2.23. The molecule has 2 aromatic carbocycles. The van der Waals surface area contributed by atoms with Crippen LogP contribution in [0.5, 0.6) is 0 Å². The standard InChI is InChI=1S/C25H24FN3O3/c1-16-7-8-20(21(26)13-16)24(31)28-12-10-19-18(14-28)15-29(25(32)22(19)23(27)30)11-9-17-5-3-2-4-6-17/h2-8,13,15H,9-12,14H2,1H3,(H2,27,30). The van der Waals surface area contributed by atoms with Crippen molar-refractivity contribution in [2.45, 2.75) is 32.9 Å². The van der Waals surface area contributed by atoms with E-state index >= 15 is 0 Å². The Morgan fingerprint density at radius 2 is 1.88 bits per heavy atom. The van der Waals surface area contributed by atoms with Gasteiger partial charge in [0.15, 0.2) is 0 Å². The van der Waals surface area contributed by atoms with Gasteiger partial charge in [-0.1, -0.05) is 36.4 Å². The second kappa shape index (κ2) is 8.78. The summed E-state index contributed by atoms with van der Waals surface area (Å²) < 4.78 is 15.8. The van der Waals surface area contributed by atoms with Crippen molar-refractivity contribution in [3.05, 3.63) is 104 Å². The molecule has 0 spiro atoms. The molecule has 0 atom stereocenters. The molecule has 0 unspecified atom stereocenters. The number of primary amides is 1. The molecular formula is C25H24FN3O3. The minimum absolute atomic E-state index is 0.00609. The van der Waals surface area contributed by atoms with Crippen molar-refractivity contribution >= 4 is 11.8 Å². The number of rotatable bonds is 5. The van der Waals surface area contributed by atoms with Crippen LogP contribution in [0.3, 0.4) is 0 Å². The normalized spacial score (nSPS) is 13.0. The third kappa shape index (κ3) is 4.19. The van der Waals surface area contributed by atoms with Gasteiger partial charge in [0, 0.05) is 25.8 Å².